The van der Waals surface area contributed by atoms with Gasteiger partial charge in [-0.2, -0.15) is 0 Å². The van der Waals surface area contributed by atoms with Crippen molar-refractivity contribution in [3.8, 4) is 5.75 Å². The zero-order chi connectivity index (χ0) is 20.8. The van der Waals surface area contributed by atoms with E-state index in [1.165, 1.54) is 11.6 Å². The second-order valence-electron chi connectivity index (χ2n) is 9.28. The van der Waals surface area contributed by atoms with E-state index in [2.05, 4.69) is 19.9 Å². The highest BCUT2D eigenvalue weighted by atomic mass is 16.5. The molecular formula is C24H30O5. The molecule has 0 saturated heterocycles. The fourth-order valence-corrected chi connectivity index (χ4v) is 5.71. The number of hydrogen-bond donors (Lipinski definition) is 2. The summed E-state index contributed by atoms with van der Waals surface area (Å²) in [5.74, 6) is 1.06. The van der Waals surface area contributed by atoms with E-state index in [9.17, 15) is 15.0 Å². The van der Waals surface area contributed by atoms with Crippen molar-refractivity contribution in [2.24, 2.45) is 22.7 Å². The molecule has 29 heavy (non-hydrogen) atoms. The standard InChI is InChI=1S/C24H30O5/c1-15-4-8-20-23(2,11-10-21(26)24(20,3)14-25)18(15)13-28-17-7-5-16-6-9-22(27)29-19(16)12-17/h4-7,9,12,18,20-21,25-26H,8,10-11,13-14H2,1-3H3. The molecule has 1 fully saturated rings. The molecular weight excluding hydrogens is 368 g/mol. The Balaban J connectivity index is 1.60. The van der Waals surface area contributed by atoms with Crippen LogP contribution in [0.5, 0.6) is 5.75 Å². The van der Waals surface area contributed by atoms with Crippen LogP contribution in [0.4, 0.5) is 0 Å². The van der Waals surface area contributed by atoms with Crippen molar-refractivity contribution >= 4 is 11.0 Å². The molecule has 0 aliphatic heterocycles. The lowest BCUT2D eigenvalue weighted by molar-refractivity contribution is -0.147. The molecule has 2 aliphatic rings. The highest BCUT2D eigenvalue weighted by molar-refractivity contribution is 5.77. The summed E-state index contributed by atoms with van der Waals surface area (Å²) in [6.45, 7) is 6.93. The Kier molecular flexibility index (Phi) is 5.07. The number of fused-ring (bicyclic) bond motifs is 2. The largest absolute Gasteiger partial charge is 0.493 e. The van der Waals surface area contributed by atoms with Gasteiger partial charge in [-0.05, 0) is 55.7 Å². The van der Waals surface area contributed by atoms with Crippen LogP contribution >= 0.6 is 0 Å². The molecule has 5 heteroatoms. The van der Waals surface area contributed by atoms with Crippen LogP contribution in [0, 0.1) is 22.7 Å². The maximum Gasteiger partial charge on any atom is 0.336 e. The molecule has 156 valence electrons. The normalized spacial score (nSPS) is 34.5. The zero-order valence-corrected chi connectivity index (χ0v) is 17.4. The van der Waals surface area contributed by atoms with Gasteiger partial charge in [0, 0.05) is 28.9 Å². The second-order valence-corrected chi connectivity index (χ2v) is 9.28. The first-order valence-electron chi connectivity index (χ1n) is 10.4. The Labute approximate surface area is 171 Å². The van der Waals surface area contributed by atoms with Crippen molar-refractivity contribution in [2.75, 3.05) is 13.2 Å². The van der Waals surface area contributed by atoms with E-state index in [-0.39, 0.29) is 29.5 Å². The van der Waals surface area contributed by atoms with Crippen molar-refractivity contribution in [3.63, 3.8) is 0 Å². The number of hydrogen-bond acceptors (Lipinski definition) is 5. The third-order valence-corrected chi connectivity index (χ3v) is 7.68. The van der Waals surface area contributed by atoms with Gasteiger partial charge >= 0.3 is 5.63 Å². The van der Waals surface area contributed by atoms with Crippen LogP contribution in [0.25, 0.3) is 11.0 Å². The van der Waals surface area contributed by atoms with Gasteiger partial charge < -0.3 is 19.4 Å². The Hall–Kier alpha value is -2.11. The lowest BCUT2D eigenvalue weighted by Gasteiger charge is -2.58. The summed E-state index contributed by atoms with van der Waals surface area (Å²) < 4.78 is 11.5. The fourth-order valence-electron chi connectivity index (χ4n) is 5.71. The molecule has 0 bridgehead atoms. The van der Waals surface area contributed by atoms with E-state index in [1.807, 2.05) is 19.1 Å². The van der Waals surface area contributed by atoms with Crippen LogP contribution in [0.1, 0.15) is 40.0 Å². The number of allylic oxidation sites excluding steroid dienone is 1. The summed E-state index contributed by atoms with van der Waals surface area (Å²) in [4.78, 5) is 11.5. The average molecular weight is 398 g/mol. The quantitative estimate of drug-likeness (QED) is 0.603. The van der Waals surface area contributed by atoms with Crippen molar-refractivity contribution in [1.29, 1.82) is 0 Å². The molecule has 1 aromatic carbocycles. The van der Waals surface area contributed by atoms with Crippen molar-refractivity contribution in [2.45, 2.75) is 46.1 Å². The predicted octanol–water partition coefficient (Wildman–Crippen LogP) is 3.91. The van der Waals surface area contributed by atoms with Crippen LogP contribution < -0.4 is 10.4 Å². The van der Waals surface area contributed by atoms with Gasteiger partial charge in [0.05, 0.1) is 19.3 Å². The molecule has 0 radical (unpaired) electrons. The molecule has 4 rings (SSSR count). The van der Waals surface area contributed by atoms with Crippen LogP contribution in [0.15, 0.2) is 51.2 Å². The summed E-state index contributed by atoms with van der Waals surface area (Å²) in [7, 11) is 0. The van der Waals surface area contributed by atoms with Gasteiger partial charge in [0.25, 0.3) is 0 Å². The van der Waals surface area contributed by atoms with Crippen LogP contribution in [-0.4, -0.2) is 29.5 Å². The van der Waals surface area contributed by atoms with Gasteiger partial charge in [-0.15, -0.1) is 0 Å². The molecule has 2 N–H and O–H groups in total. The molecule has 1 aromatic heterocycles. The predicted molar refractivity (Wildman–Crippen MR) is 112 cm³/mol. The summed E-state index contributed by atoms with van der Waals surface area (Å²) in [5, 5.41) is 21.6. The smallest absolute Gasteiger partial charge is 0.336 e. The molecule has 2 aromatic rings. The first kappa shape index (κ1) is 20.2. The molecule has 5 atom stereocenters. The number of benzene rings is 1. The van der Waals surface area contributed by atoms with E-state index in [1.54, 1.807) is 12.1 Å². The topological polar surface area (TPSA) is 79.9 Å². The Morgan fingerprint density at radius 3 is 2.76 bits per heavy atom. The molecule has 5 nitrogen and oxygen atoms in total. The minimum atomic E-state index is -0.505. The van der Waals surface area contributed by atoms with Crippen LogP contribution in [0.3, 0.4) is 0 Å². The monoisotopic (exact) mass is 398 g/mol. The number of ether oxygens (including phenoxy) is 1. The molecule has 2 aliphatic carbocycles. The Morgan fingerprint density at radius 2 is 2.00 bits per heavy atom. The maximum absolute atomic E-state index is 11.5. The summed E-state index contributed by atoms with van der Waals surface area (Å²) in [6.07, 6.45) is 4.22. The Bertz CT molecular complexity index is 992. The average Bonchev–Trinajstić information content (AvgIpc) is 2.70. The summed E-state index contributed by atoms with van der Waals surface area (Å²) in [5.41, 5.74) is 0.879. The molecule has 0 amide bonds. The zero-order valence-electron chi connectivity index (χ0n) is 17.4. The van der Waals surface area contributed by atoms with Crippen molar-refractivity contribution in [1.82, 2.24) is 0 Å². The second kappa shape index (κ2) is 7.29. The van der Waals surface area contributed by atoms with E-state index in [0.717, 1.165) is 18.2 Å². The fraction of sp³-hybridized carbons (Fsp3) is 0.542. The van der Waals surface area contributed by atoms with Crippen molar-refractivity contribution < 1.29 is 19.4 Å². The van der Waals surface area contributed by atoms with E-state index >= 15 is 0 Å². The highest BCUT2D eigenvalue weighted by Crippen LogP contribution is 2.59. The molecule has 1 heterocycles. The summed E-state index contributed by atoms with van der Waals surface area (Å²) >= 11 is 0. The van der Waals surface area contributed by atoms with Crippen LogP contribution in [0.2, 0.25) is 0 Å². The lowest BCUT2D eigenvalue weighted by Crippen LogP contribution is -2.57. The maximum atomic E-state index is 11.5. The van der Waals surface area contributed by atoms with E-state index in [0.29, 0.717) is 24.4 Å². The first-order chi connectivity index (χ1) is 13.8. The number of aliphatic hydroxyl groups excluding tert-OH is 2. The highest BCUT2D eigenvalue weighted by Gasteiger charge is 2.57. The lowest BCUT2D eigenvalue weighted by atomic mass is 9.47. The van der Waals surface area contributed by atoms with E-state index < -0.39 is 11.5 Å². The number of rotatable bonds is 4. The van der Waals surface area contributed by atoms with Crippen LogP contribution in [-0.2, 0) is 0 Å². The molecule has 5 unspecified atom stereocenters. The van der Waals surface area contributed by atoms with Crippen molar-refractivity contribution in [3.05, 3.63) is 52.4 Å². The van der Waals surface area contributed by atoms with Gasteiger partial charge in [-0.1, -0.05) is 25.5 Å². The van der Waals surface area contributed by atoms with Gasteiger partial charge in [0.15, 0.2) is 0 Å². The van der Waals surface area contributed by atoms with Gasteiger partial charge in [-0.3, -0.25) is 0 Å². The van der Waals surface area contributed by atoms with Gasteiger partial charge in [0.2, 0.25) is 0 Å². The third kappa shape index (κ3) is 3.30. The minimum absolute atomic E-state index is 0.0153. The Morgan fingerprint density at radius 1 is 1.24 bits per heavy atom. The first-order valence-corrected chi connectivity index (χ1v) is 10.4. The van der Waals surface area contributed by atoms with E-state index in [4.69, 9.17) is 9.15 Å². The third-order valence-electron chi connectivity index (χ3n) is 7.68. The SMILES string of the molecule is CC1=CCC2C(C)(CO)C(O)CCC2(C)C1COc1ccc2ccc(=O)oc2c1. The molecule has 0 spiro atoms. The number of aliphatic hydroxyl groups is 2. The van der Waals surface area contributed by atoms with Gasteiger partial charge in [0.1, 0.15) is 11.3 Å². The summed E-state index contributed by atoms with van der Waals surface area (Å²) in [6, 6.07) is 8.71. The molecule has 1 saturated carbocycles. The van der Waals surface area contributed by atoms with Gasteiger partial charge in [-0.25, -0.2) is 4.79 Å². The minimum Gasteiger partial charge on any atom is -0.493 e.